The van der Waals surface area contributed by atoms with Crippen molar-refractivity contribution >= 4 is 17.5 Å². The van der Waals surface area contributed by atoms with Crippen LogP contribution < -0.4 is 5.01 Å². The number of imide groups is 1. The van der Waals surface area contributed by atoms with Crippen molar-refractivity contribution < 1.29 is 9.59 Å². The van der Waals surface area contributed by atoms with E-state index in [4.69, 9.17) is 0 Å². The number of rotatable bonds is 3. The van der Waals surface area contributed by atoms with Gasteiger partial charge in [0.05, 0.1) is 16.9 Å². The van der Waals surface area contributed by atoms with Crippen LogP contribution in [-0.4, -0.2) is 30.8 Å². The van der Waals surface area contributed by atoms with Crippen LogP contribution in [0.25, 0.3) is 0 Å². The Labute approximate surface area is 110 Å². The molecule has 0 aliphatic carbocycles. The van der Waals surface area contributed by atoms with Crippen LogP contribution in [0.4, 0.5) is 5.69 Å². The van der Waals surface area contributed by atoms with Gasteiger partial charge < -0.3 is 0 Å². The van der Waals surface area contributed by atoms with Crippen LogP contribution in [-0.2, 0) is 9.59 Å². The molecule has 0 saturated carbocycles. The molecular weight excluding hydrogens is 246 g/mol. The summed E-state index contributed by atoms with van der Waals surface area (Å²) in [5, 5.41) is 4.05. The summed E-state index contributed by atoms with van der Waals surface area (Å²) in [6.07, 6.45) is 0.137. The lowest BCUT2D eigenvalue weighted by Crippen LogP contribution is -2.25. The summed E-state index contributed by atoms with van der Waals surface area (Å²) in [4.78, 5) is 35.5. The average Bonchev–Trinajstić information content (AvgIpc) is 2.65. The third-order valence-corrected chi connectivity index (χ3v) is 3.41. The number of carbonyl (C=O) groups is 2. The fourth-order valence-electron chi connectivity index (χ4n) is 2.27. The fourth-order valence-corrected chi connectivity index (χ4v) is 2.27. The molecule has 0 unspecified atom stereocenters. The van der Waals surface area contributed by atoms with Gasteiger partial charge in [-0.25, -0.2) is 5.01 Å². The van der Waals surface area contributed by atoms with E-state index >= 15 is 0 Å². The molecule has 2 amide bonds. The van der Waals surface area contributed by atoms with E-state index < -0.39 is 5.92 Å². The molecule has 0 N–H and O–H groups in total. The third kappa shape index (κ3) is 2.21. The van der Waals surface area contributed by atoms with Gasteiger partial charge >= 0.3 is 0 Å². The second kappa shape index (κ2) is 4.79. The van der Waals surface area contributed by atoms with Gasteiger partial charge in [-0.05, 0) is 24.1 Å². The van der Waals surface area contributed by atoms with Gasteiger partial charge in [0.2, 0.25) is 11.8 Å². The normalized spacial score (nSPS) is 18.9. The molecule has 1 aliphatic rings. The van der Waals surface area contributed by atoms with Gasteiger partial charge in [-0.2, -0.15) is 0 Å². The Kier molecular flexibility index (Phi) is 3.33. The van der Waals surface area contributed by atoms with Gasteiger partial charge in [-0.15, -0.1) is 4.91 Å². The van der Waals surface area contributed by atoms with E-state index in [0.29, 0.717) is 11.3 Å². The van der Waals surface area contributed by atoms with Crippen molar-refractivity contribution in [3.05, 3.63) is 34.2 Å². The molecule has 0 radical (unpaired) electrons. The van der Waals surface area contributed by atoms with E-state index in [1.54, 1.807) is 12.1 Å². The summed E-state index contributed by atoms with van der Waals surface area (Å²) in [6.45, 7) is 1.89. The highest BCUT2D eigenvalue weighted by Crippen LogP contribution is 2.35. The number of likely N-dealkylation sites (tertiary alicyclic amines) is 1. The maximum atomic E-state index is 12.0. The molecule has 100 valence electrons. The van der Waals surface area contributed by atoms with Gasteiger partial charge in [0, 0.05) is 20.5 Å². The Morgan fingerprint density at radius 3 is 2.58 bits per heavy atom. The number of aryl methyl sites for hydroxylation is 1. The number of anilines is 1. The zero-order valence-electron chi connectivity index (χ0n) is 11.1. The van der Waals surface area contributed by atoms with Crippen molar-refractivity contribution in [2.24, 2.45) is 5.29 Å². The summed E-state index contributed by atoms with van der Waals surface area (Å²) in [7, 11) is 3.00. The lowest BCUT2D eigenvalue weighted by molar-refractivity contribution is -0.137. The molecule has 1 saturated heterocycles. The van der Waals surface area contributed by atoms with Crippen molar-refractivity contribution in [3.8, 4) is 0 Å². The quantitative estimate of drug-likeness (QED) is 0.470. The second-order valence-corrected chi connectivity index (χ2v) is 4.72. The molecule has 0 spiro atoms. The molecule has 1 aromatic rings. The molecule has 1 fully saturated rings. The highest BCUT2D eigenvalue weighted by molar-refractivity contribution is 6.06. The van der Waals surface area contributed by atoms with E-state index in [9.17, 15) is 14.5 Å². The lowest BCUT2D eigenvalue weighted by Gasteiger charge is -2.18. The maximum Gasteiger partial charge on any atom is 0.237 e. The Balaban J connectivity index is 2.48. The van der Waals surface area contributed by atoms with E-state index in [1.807, 2.05) is 13.0 Å². The first-order valence-corrected chi connectivity index (χ1v) is 5.93. The Morgan fingerprint density at radius 2 is 2.05 bits per heavy atom. The molecule has 1 heterocycles. The number of amides is 2. The third-order valence-electron chi connectivity index (χ3n) is 3.41. The lowest BCUT2D eigenvalue weighted by atomic mass is 9.94. The highest BCUT2D eigenvalue weighted by Gasteiger charge is 2.38. The maximum absolute atomic E-state index is 12.0. The zero-order chi connectivity index (χ0) is 14.2. The molecule has 6 heteroatoms. The molecule has 2 rings (SSSR count). The van der Waals surface area contributed by atoms with Crippen molar-refractivity contribution in [2.45, 2.75) is 19.3 Å². The van der Waals surface area contributed by atoms with Crippen LogP contribution in [0.3, 0.4) is 0 Å². The summed E-state index contributed by atoms with van der Waals surface area (Å²) >= 11 is 0. The van der Waals surface area contributed by atoms with E-state index in [2.05, 4.69) is 5.29 Å². The first kappa shape index (κ1) is 13.2. The van der Waals surface area contributed by atoms with Crippen molar-refractivity contribution in [2.75, 3.05) is 19.1 Å². The first-order valence-electron chi connectivity index (χ1n) is 5.93. The van der Waals surface area contributed by atoms with Crippen molar-refractivity contribution in [1.82, 2.24) is 4.90 Å². The Morgan fingerprint density at radius 1 is 1.37 bits per heavy atom. The smallest absolute Gasteiger partial charge is 0.237 e. The van der Waals surface area contributed by atoms with Gasteiger partial charge in [-0.3, -0.25) is 14.5 Å². The van der Waals surface area contributed by atoms with Crippen molar-refractivity contribution in [3.63, 3.8) is 0 Å². The molecule has 0 bridgehead atoms. The number of nitroso groups, excluding NO2 is 1. The molecule has 0 aromatic heterocycles. The van der Waals surface area contributed by atoms with Crippen LogP contribution in [0.1, 0.15) is 23.5 Å². The van der Waals surface area contributed by atoms with Crippen LogP contribution in [0.5, 0.6) is 0 Å². The van der Waals surface area contributed by atoms with E-state index in [1.165, 1.54) is 19.1 Å². The van der Waals surface area contributed by atoms with E-state index in [0.717, 1.165) is 10.5 Å². The van der Waals surface area contributed by atoms with Crippen LogP contribution in [0, 0.1) is 11.8 Å². The molecule has 6 nitrogen and oxygen atoms in total. The van der Waals surface area contributed by atoms with Crippen LogP contribution >= 0.6 is 0 Å². The second-order valence-electron chi connectivity index (χ2n) is 4.72. The molecular formula is C13H15N3O3. The predicted octanol–water partition coefficient (Wildman–Crippen LogP) is 1.58. The van der Waals surface area contributed by atoms with Crippen LogP contribution in [0.15, 0.2) is 23.5 Å². The summed E-state index contributed by atoms with van der Waals surface area (Å²) < 4.78 is 0. The Bertz CT molecular complexity index is 556. The number of hydrogen-bond donors (Lipinski definition) is 0. The number of carbonyl (C=O) groups excluding carboxylic acids is 2. The minimum absolute atomic E-state index is 0.137. The fraction of sp³-hybridized carbons (Fsp3) is 0.385. The molecule has 1 atom stereocenters. The van der Waals surface area contributed by atoms with Crippen molar-refractivity contribution in [1.29, 1.82) is 0 Å². The molecule has 19 heavy (non-hydrogen) atoms. The standard InChI is InChI=1S/C13H15N3O3/c1-8-4-5-9(11(6-8)16(3)14-19)10-7-12(17)15(2)13(10)18/h4-6,10H,7H2,1-3H3/t10-/m0/s1. The average molecular weight is 261 g/mol. The molecule has 1 aliphatic heterocycles. The minimum atomic E-state index is -0.530. The highest BCUT2D eigenvalue weighted by atomic mass is 16.3. The van der Waals surface area contributed by atoms with Crippen LogP contribution in [0.2, 0.25) is 0 Å². The molecule has 1 aromatic carbocycles. The number of nitrogens with zero attached hydrogens (tertiary/aromatic N) is 3. The van der Waals surface area contributed by atoms with Gasteiger partial charge in [0.15, 0.2) is 0 Å². The summed E-state index contributed by atoms with van der Waals surface area (Å²) in [6, 6.07) is 5.42. The zero-order valence-corrected chi connectivity index (χ0v) is 11.1. The number of hydrogen-bond acceptors (Lipinski definition) is 4. The van der Waals surface area contributed by atoms with Gasteiger partial charge in [0.25, 0.3) is 0 Å². The minimum Gasteiger partial charge on any atom is -0.285 e. The largest absolute Gasteiger partial charge is 0.285 e. The van der Waals surface area contributed by atoms with E-state index in [-0.39, 0.29) is 18.2 Å². The topological polar surface area (TPSA) is 70.1 Å². The van der Waals surface area contributed by atoms with Gasteiger partial charge in [-0.1, -0.05) is 12.1 Å². The number of likely N-dealkylation sites (N-methyl/N-ethyl adjacent to an activating group) is 1. The summed E-state index contributed by atoms with van der Waals surface area (Å²) in [5.74, 6) is -0.977. The summed E-state index contributed by atoms with van der Waals surface area (Å²) in [5.41, 5.74) is 2.19. The SMILES string of the molecule is Cc1ccc([C@@H]2CC(=O)N(C)C2=O)c(N(C)N=O)c1. The monoisotopic (exact) mass is 261 g/mol. The number of benzene rings is 1. The predicted molar refractivity (Wildman–Crippen MR) is 70.5 cm³/mol. The first-order chi connectivity index (χ1) is 8.95. The Hall–Kier alpha value is -2.24. The van der Waals surface area contributed by atoms with Gasteiger partial charge in [0.1, 0.15) is 0 Å².